The fourth-order valence-electron chi connectivity index (χ4n) is 2.64. The molecule has 1 saturated carbocycles. The van der Waals surface area contributed by atoms with Crippen molar-refractivity contribution in [2.45, 2.75) is 12.8 Å². The maximum Gasteiger partial charge on any atom is 0.0593 e. The Bertz CT molecular complexity index is 408. The van der Waals surface area contributed by atoms with Gasteiger partial charge in [-0.15, -0.1) is 0 Å². The lowest BCUT2D eigenvalue weighted by molar-refractivity contribution is 0.0943. The number of nitrogens with zero attached hydrogens (tertiary/aromatic N) is 2. The molecule has 1 saturated heterocycles. The van der Waals surface area contributed by atoms with Gasteiger partial charge in [0.05, 0.1) is 6.61 Å². The molecule has 110 valence electrons. The SMILES string of the molecule is Nc1ccc(N2CCN(CCOCC3CC3)CC2)cc1. The largest absolute Gasteiger partial charge is 0.399 e. The van der Waals surface area contributed by atoms with Gasteiger partial charge in [-0.2, -0.15) is 0 Å². The summed E-state index contributed by atoms with van der Waals surface area (Å²) in [5.74, 6) is 0.873. The Balaban J connectivity index is 1.36. The monoisotopic (exact) mass is 275 g/mol. The molecule has 0 spiro atoms. The molecule has 4 nitrogen and oxygen atoms in total. The predicted octanol–water partition coefficient (Wildman–Crippen LogP) is 1.82. The molecule has 0 aromatic heterocycles. The van der Waals surface area contributed by atoms with Crippen LogP contribution in [0.15, 0.2) is 24.3 Å². The minimum atomic E-state index is 0.834. The third-order valence-electron chi connectivity index (χ3n) is 4.23. The first kappa shape index (κ1) is 13.7. The van der Waals surface area contributed by atoms with Crippen LogP contribution < -0.4 is 10.6 Å². The molecule has 0 bridgehead atoms. The minimum Gasteiger partial charge on any atom is -0.399 e. The van der Waals surface area contributed by atoms with E-state index >= 15 is 0 Å². The maximum atomic E-state index is 5.73. The van der Waals surface area contributed by atoms with E-state index in [0.717, 1.165) is 57.5 Å². The van der Waals surface area contributed by atoms with Gasteiger partial charge in [0.15, 0.2) is 0 Å². The second-order valence-electron chi connectivity index (χ2n) is 5.94. The Morgan fingerprint density at radius 1 is 1.05 bits per heavy atom. The number of rotatable bonds is 6. The molecule has 4 heteroatoms. The molecule has 3 rings (SSSR count). The van der Waals surface area contributed by atoms with Crippen LogP contribution in [-0.2, 0) is 4.74 Å². The van der Waals surface area contributed by atoms with E-state index in [4.69, 9.17) is 10.5 Å². The molecule has 1 aromatic carbocycles. The molecule has 2 aliphatic rings. The third kappa shape index (κ3) is 3.87. The van der Waals surface area contributed by atoms with Crippen LogP contribution in [0.4, 0.5) is 11.4 Å². The van der Waals surface area contributed by atoms with E-state index in [0.29, 0.717) is 0 Å². The summed E-state index contributed by atoms with van der Waals surface area (Å²) in [5, 5.41) is 0. The van der Waals surface area contributed by atoms with Crippen LogP contribution in [0.25, 0.3) is 0 Å². The van der Waals surface area contributed by atoms with Crippen molar-refractivity contribution in [2.75, 3.05) is 56.6 Å². The molecule has 0 amide bonds. The summed E-state index contributed by atoms with van der Waals surface area (Å²) >= 11 is 0. The zero-order chi connectivity index (χ0) is 13.8. The van der Waals surface area contributed by atoms with Gasteiger partial charge in [0.2, 0.25) is 0 Å². The fourth-order valence-corrected chi connectivity index (χ4v) is 2.64. The lowest BCUT2D eigenvalue weighted by atomic mass is 10.2. The summed E-state index contributed by atoms with van der Waals surface area (Å²) in [5.41, 5.74) is 7.85. The average molecular weight is 275 g/mol. The Kier molecular flexibility index (Phi) is 4.43. The number of piperazine rings is 1. The second-order valence-corrected chi connectivity index (χ2v) is 5.94. The summed E-state index contributed by atoms with van der Waals surface area (Å²) < 4.78 is 5.72. The number of hydrogen-bond donors (Lipinski definition) is 1. The summed E-state index contributed by atoms with van der Waals surface area (Å²) in [7, 11) is 0. The van der Waals surface area contributed by atoms with E-state index in [1.165, 1.54) is 18.5 Å². The number of hydrogen-bond acceptors (Lipinski definition) is 4. The highest BCUT2D eigenvalue weighted by atomic mass is 16.5. The fraction of sp³-hybridized carbons (Fsp3) is 0.625. The standard InChI is InChI=1S/C16H25N3O/c17-15-3-5-16(6-4-15)19-9-7-18(8-10-19)11-12-20-13-14-1-2-14/h3-6,14H,1-2,7-13,17H2. The molecule has 0 atom stereocenters. The van der Waals surface area contributed by atoms with E-state index in [9.17, 15) is 0 Å². The van der Waals surface area contributed by atoms with Crippen molar-refractivity contribution in [2.24, 2.45) is 5.92 Å². The molecule has 1 aliphatic carbocycles. The first-order chi connectivity index (χ1) is 9.81. The van der Waals surface area contributed by atoms with Crippen molar-refractivity contribution < 1.29 is 4.74 Å². The number of ether oxygens (including phenoxy) is 1. The quantitative estimate of drug-likeness (QED) is 0.635. The summed E-state index contributed by atoms with van der Waals surface area (Å²) in [4.78, 5) is 4.93. The first-order valence-corrected chi connectivity index (χ1v) is 7.72. The summed E-state index contributed by atoms with van der Waals surface area (Å²) in [6.07, 6.45) is 2.75. The van der Waals surface area contributed by atoms with Gasteiger partial charge in [-0.3, -0.25) is 4.90 Å². The van der Waals surface area contributed by atoms with Crippen LogP contribution in [0.1, 0.15) is 12.8 Å². The molecular formula is C16H25N3O. The van der Waals surface area contributed by atoms with Crippen molar-refractivity contribution in [1.82, 2.24) is 4.90 Å². The molecule has 2 N–H and O–H groups in total. The predicted molar refractivity (Wildman–Crippen MR) is 83.1 cm³/mol. The third-order valence-corrected chi connectivity index (χ3v) is 4.23. The van der Waals surface area contributed by atoms with Crippen LogP contribution in [-0.4, -0.2) is 50.8 Å². The number of anilines is 2. The number of nitrogens with two attached hydrogens (primary N) is 1. The van der Waals surface area contributed by atoms with Crippen molar-refractivity contribution >= 4 is 11.4 Å². The molecule has 0 unspecified atom stereocenters. The van der Waals surface area contributed by atoms with Gasteiger partial charge in [-0.25, -0.2) is 0 Å². The second kappa shape index (κ2) is 6.46. The summed E-state index contributed by atoms with van der Waals surface area (Å²) in [6, 6.07) is 8.19. The zero-order valence-electron chi connectivity index (χ0n) is 12.1. The van der Waals surface area contributed by atoms with Crippen LogP contribution in [0.5, 0.6) is 0 Å². The normalized spacial score (nSPS) is 20.3. The minimum absolute atomic E-state index is 0.834. The molecule has 1 aliphatic heterocycles. The van der Waals surface area contributed by atoms with Gasteiger partial charge in [0, 0.05) is 50.7 Å². The number of nitrogen functional groups attached to an aromatic ring is 1. The van der Waals surface area contributed by atoms with Gasteiger partial charge in [0.1, 0.15) is 0 Å². The molecule has 20 heavy (non-hydrogen) atoms. The van der Waals surface area contributed by atoms with Gasteiger partial charge in [0.25, 0.3) is 0 Å². The molecular weight excluding hydrogens is 250 g/mol. The van der Waals surface area contributed by atoms with Gasteiger partial charge >= 0.3 is 0 Å². The lowest BCUT2D eigenvalue weighted by Gasteiger charge is -2.36. The number of benzene rings is 1. The Morgan fingerprint density at radius 2 is 1.75 bits per heavy atom. The van der Waals surface area contributed by atoms with Crippen molar-refractivity contribution in [3.8, 4) is 0 Å². The average Bonchev–Trinajstić information content (AvgIpc) is 3.29. The Labute approximate surface area is 121 Å². The molecule has 1 aromatic rings. The molecule has 2 fully saturated rings. The van der Waals surface area contributed by atoms with E-state index in [1.54, 1.807) is 0 Å². The van der Waals surface area contributed by atoms with E-state index in [-0.39, 0.29) is 0 Å². The topological polar surface area (TPSA) is 41.7 Å². The Hall–Kier alpha value is -1.26. The van der Waals surface area contributed by atoms with E-state index in [2.05, 4.69) is 21.9 Å². The first-order valence-electron chi connectivity index (χ1n) is 7.72. The highest BCUT2D eigenvalue weighted by Gasteiger charge is 2.21. The van der Waals surface area contributed by atoms with E-state index < -0.39 is 0 Å². The van der Waals surface area contributed by atoms with Crippen LogP contribution >= 0.6 is 0 Å². The van der Waals surface area contributed by atoms with Gasteiger partial charge in [-0.1, -0.05) is 0 Å². The van der Waals surface area contributed by atoms with Crippen LogP contribution in [0.3, 0.4) is 0 Å². The molecule has 0 radical (unpaired) electrons. The molecule has 1 heterocycles. The van der Waals surface area contributed by atoms with Crippen LogP contribution in [0.2, 0.25) is 0 Å². The van der Waals surface area contributed by atoms with Gasteiger partial charge < -0.3 is 15.4 Å². The highest BCUT2D eigenvalue weighted by molar-refractivity contribution is 5.53. The maximum absolute atomic E-state index is 5.73. The highest BCUT2D eigenvalue weighted by Crippen LogP contribution is 2.28. The van der Waals surface area contributed by atoms with E-state index in [1.807, 2.05) is 12.1 Å². The van der Waals surface area contributed by atoms with Crippen molar-refractivity contribution in [3.63, 3.8) is 0 Å². The summed E-state index contributed by atoms with van der Waals surface area (Å²) in [6.45, 7) is 7.36. The van der Waals surface area contributed by atoms with Crippen molar-refractivity contribution in [1.29, 1.82) is 0 Å². The smallest absolute Gasteiger partial charge is 0.0593 e. The van der Waals surface area contributed by atoms with Crippen LogP contribution in [0, 0.1) is 5.92 Å². The Morgan fingerprint density at radius 3 is 2.40 bits per heavy atom. The van der Waals surface area contributed by atoms with Crippen molar-refractivity contribution in [3.05, 3.63) is 24.3 Å². The van der Waals surface area contributed by atoms with Gasteiger partial charge in [-0.05, 0) is 43.0 Å². The zero-order valence-corrected chi connectivity index (χ0v) is 12.1. The lowest BCUT2D eigenvalue weighted by Crippen LogP contribution is -2.47.